The Morgan fingerprint density at radius 1 is 1.19 bits per heavy atom. The summed E-state index contributed by atoms with van der Waals surface area (Å²) in [6.07, 6.45) is 0. The first-order chi connectivity index (χ1) is 14.6. The zero-order valence-corrected chi connectivity index (χ0v) is 19.8. The number of nitrogens with zero attached hydrogens (tertiary/aromatic N) is 1. The summed E-state index contributed by atoms with van der Waals surface area (Å²) in [5.41, 5.74) is 4.84. The van der Waals surface area contributed by atoms with Crippen molar-refractivity contribution in [2.75, 3.05) is 5.32 Å². The largest absolute Gasteiger partial charge is 0.506 e. The van der Waals surface area contributed by atoms with Crippen LogP contribution in [-0.2, 0) is 10.0 Å². The van der Waals surface area contributed by atoms with Crippen LogP contribution in [0.15, 0.2) is 57.8 Å². The Bertz CT molecular complexity index is 1290. The van der Waals surface area contributed by atoms with Gasteiger partial charge in [0.1, 0.15) is 5.75 Å². The van der Waals surface area contributed by atoms with Gasteiger partial charge in [0.2, 0.25) is 10.0 Å². The molecule has 0 spiro atoms. The van der Waals surface area contributed by atoms with E-state index in [1.165, 1.54) is 29.5 Å². The molecule has 1 aromatic heterocycles. The number of rotatable bonds is 5. The lowest BCUT2D eigenvalue weighted by atomic mass is 10.1. The highest BCUT2D eigenvalue weighted by atomic mass is 35.5. The second-order valence-electron chi connectivity index (χ2n) is 6.29. The molecule has 31 heavy (non-hydrogen) atoms. The van der Waals surface area contributed by atoms with Gasteiger partial charge in [0.05, 0.1) is 31.1 Å². The molecule has 3 rings (SSSR count). The highest BCUT2D eigenvalue weighted by Crippen LogP contribution is 2.40. The molecular formula is C19H16Cl2N4O3S3. The lowest BCUT2D eigenvalue weighted by Gasteiger charge is -2.09. The van der Waals surface area contributed by atoms with E-state index >= 15 is 0 Å². The summed E-state index contributed by atoms with van der Waals surface area (Å²) in [6.45, 7) is 1.71. The highest BCUT2D eigenvalue weighted by Gasteiger charge is 2.16. The van der Waals surface area contributed by atoms with Crippen molar-refractivity contribution in [3.8, 4) is 16.2 Å². The Kier molecular flexibility index (Phi) is 7.20. The molecule has 0 bridgehead atoms. The fraction of sp³-hybridized carbons (Fsp3) is 0.0526. The number of nitrogens with one attached hydrogen (secondary N) is 2. The quantitative estimate of drug-likeness (QED) is 0.221. The molecule has 0 aliphatic heterocycles. The molecule has 0 atom stereocenters. The maximum atomic E-state index is 11.5. The topological polar surface area (TPSA) is 117 Å². The van der Waals surface area contributed by atoms with Gasteiger partial charge < -0.3 is 10.4 Å². The summed E-state index contributed by atoms with van der Waals surface area (Å²) in [5.74, 6) is 0.0613. The van der Waals surface area contributed by atoms with Crippen molar-refractivity contribution in [2.45, 2.75) is 11.8 Å². The molecule has 0 aliphatic carbocycles. The number of nitrogens with two attached hydrogens (primary N) is 1. The van der Waals surface area contributed by atoms with Crippen LogP contribution in [0.5, 0.6) is 5.75 Å². The summed E-state index contributed by atoms with van der Waals surface area (Å²) < 4.78 is 22.9. The Labute approximate surface area is 198 Å². The molecule has 0 saturated carbocycles. The normalized spacial score (nSPS) is 11.9. The summed E-state index contributed by atoms with van der Waals surface area (Å²) in [5, 5.41) is 25.5. The zero-order chi connectivity index (χ0) is 22.8. The molecule has 162 valence electrons. The average Bonchev–Trinajstić information content (AvgIpc) is 3.09. The second-order valence-corrected chi connectivity index (χ2v) is 9.96. The van der Waals surface area contributed by atoms with Crippen molar-refractivity contribution in [1.82, 2.24) is 5.43 Å². The number of hydrogen-bond acceptors (Lipinski definition) is 6. The van der Waals surface area contributed by atoms with Crippen LogP contribution in [0.1, 0.15) is 12.5 Å². The van der Waals surface area contributed by atoms with E-state index in [-0.39, 0.29) is 15.8 Å². The number of thiocarbonyl (C=S) groups is 1. The van der Waals surface area contributed by atoms with Gasteiger partial charge in [-0.25, -0.2) is 13.6 Å². The van der Waals surface area contributed by atoms with E-state index < -0.39 is 10.0 Å². The summed E-state index contributed by atoms with van der Waals surface area (Å²) in [7, 11) is -3.83. The summed E-state index contributed by atoms with van der Waals surface area (Å²) in [6, 6.07) is 11.0. The Balaban J connectivity index is 1.73. The van der Waals surface area contributed by atoms with E-state index in [4.69, 9.17) is 40.6 Å². The van der Waals surface area contributed by atoms with E-state index in [1.54, 1.807) is 36.6 Å². The lowest BCUT2D eigenvalue weighted by molar-refractivity contribution is 0.478. The molecule has 0 aliphatic rings. The first kappa shape index (κ1) is 23.5. The van der Waals surface area contributed by atoms with Crippen LogP contribution in [0.25, 0.3) is 10.4 Å². The number of aromatic hydroxyl groups is 1. The summed E-state index contributed by atoms with van der Waals surface area (Å²) in [4.78, 5) is 0.585. The Morgan fingerprint density at radius 2 is 1.94 bits per heavy atom. The van der Waals surface area contributed by atoms with Crippen molar-refractivity contribution in [3.05, 3.63) is 63.5 Å². The number of sulfonamides is 1. The van der Waals surface area contributed by atoms with Crippen LogP contribution >= 0.6 is 46.8 Å². The molecule has 1 heterocycles. The van der Waals surface area contributed by atoms with Gasteiger partial charge in [0.15, 0.2) is 5.11 Å². The van der Waals surface area contributed by atoms with Crippen LogP contribution < -0.4 is 15.9 Å². The molecule has 0 unspecified atom stereocenters. The van der Waals surface area contributed by atoms with E-state index in [2.05, 4.69) is 15.8 Å². The maximum Gasteiger partial charge on any atom is 0.238 e. The van der Waals surface area contributed by atoms with Gasteiger partial charge in [-0.2, -0.15) is 5.10 Å². The van der Waals surface area contributed by atoms with Crippen molar-refractivity contribution in [2.24, 2.45) is 10.2 Å². The zero-order valence-electron chi connectivity index (χ0n) is 15.9. The Morgan fingerprint density at radius 3 is 2.61 bits per heavy atom. The molecule has 0 amide bonds. The predicted molar refractivity (Wildman–Crippen MR) is 131 cm³/mol. The van der Waals surface area contributed by atoms with Gasteiger partial charge in [0.25, 0.3) is 0 Å². The SMILES string of the molecule is C/C(=N\NC(=S)Nc1cccc(S(N)(=O)=O)c1)c1csc(-c2ccc(Cl)c(Cl)c2)c1O. The van der Waals surface area contributed by atoms with Gasteiger partial charge in [-0.05, 0) is 55.0 Å². The second kappa shape index (κ2) is 9.51. The molecule has 12 heteroatoms. The highest BCUT2D eigenvalue weighted by molar-refractivity contribution is 7.89. The standard InChI is InChI=1S/C19H16Cl2N4O3S3/c1-10(14-9-30-18(17(14)26)11-5-6-15(20)16(21)7-11)24-25-19(29)23-12-3-2-4-13(8-12)31(22,27)28/h2-9,26H,1H3,(H2,22,27,28)(H2,23,25,29)/b24-10+. The molecule has 0 fully saturated rings. The average molecular weight is 515 g/mol. The van der Waals surface area contributed by atoms with E-state index in [9.17, 15) is 13.5 Å². The van der Waals surface area contributed by atoms with Gasteiger partial charge in [0, 0.05) is 11.1 Å². The molecule has 0 saturated heterocycles. The van der Waals surface area contributed by atoms with Crippen LogP contribution in [0.4, 0.5) is 5.69 Å². The first-order valence-corrected chi connectivity index (χ1v) is 12.2. The number of thiophene rings is 1. The minimum absolute atomic E-state index is 0.0435. The fourth-order valence-corrected chi connectivity index (χ4v) is 4.58. The third kappa shape index (κ3) is 5.73. The van der Waals surface area contributed by atoms with Crippen LogP contribution in [-0.4, -0.2) is 24.3 Å². The fourth-order valence-electron chi connectivity index (χ4n) is 2.56. The number of halogens is 2. The van der Waals surface area contributed by atoms with Crippen molar-refractivity contribution >= 4 is 73.3 Å². The van der Waals surface area contributed by atoms with E-state index in [0.717, 1.165) is 5.56 Å². The number of primary sulfonamides is 1. The Hall–Kier alpha value is -2.21. The van der Waals surface area contributed by atoms with Gasteiger partial charge in [-0.3, -0.25) is 5.43 Å². The minimum Gasteiger partial charge on any atom is -0.506 e. The van der Waals surface area contributed by atoms with E-state index in [0.29, 0.717) is 31.9 Å². The van der Waals surface area contributed by atoms with Crippen LogP contribution in [0, 0.1) is 0 Å². The predicted octanol–water partition coefficient (Wildman–Crippen LogP) is 4.79. The molecule has 2 aromatic carbocycles. The molecule has 7 nitrogen and oxygen atoms in total. The third-order valence-electron chi connectivity index (χ3n) is 4.08. The van der Waals surface area contributed by atoms with Gasteiger partial charge in [-0.15, -0.1) is 11.3 Å². The maximum absolute atomic E-state index is 11.5. The minimum atomic E-state index is -3.83. The molecule has 0 radical (unpaired) electrons. The molecule has 3 aromatic rings. The first-order valence-electron chi connectivity index (χ1n) is 8.56. The molecule has 5 N–H and O–H groups in total. The lowest BCUT2D eigenvalue weighted by Crippen LogP contribution is -2.25. The van der Waals surface area contributed by atoms with Crippen LogP contribution in [0.2, 0.25) is 10.0 Å². The third-order valence-corrected chi connectivity index (χ3v) is 6.94. The smallest absolute Gasteiger partial charge is 0.238 e. The van der Waals surface area contributed by atoms with Gasteiger partial charge in [-0.1, -0.05) is 35.3 Å². The van der Waals surface area contributed by atoms with Crippen molar-refractivity contribution in [1.29, 1.82) is 0 Å². The van der Waals surface area contributed by atoms with Crippen molar-refractivity contribution in [3.63, 3.8) is 0 Å². The van der Waals surface area contributed by atoms with Crippen LogP contribution in [0.3, 0.4) is 0 Å². The van der Waals surface area contributed by atoms with E-state index in [1.807, 2.05) is 0 Å². The van der Waals surface area contributed by atoms with Crippen molar-refractivity contribution < 1.29 is 13.5 Å². The summed E-state index contributed by atoms with van der Waals surface area (Å²) >= 11 is 18.5. The number of benzene rings is 2. The number of hydrazone groups is 1. The molecular weight excluding hydrogens is 499 g/mol. The monoisotopic (exact) mass is 514 g/mol. The number of anilines is 1. The number of hydrogen-bond donors (Lipinski definition) is 4. The van der Waals surface area contributed by atoms with Gasteiger partial charge >= 0.3 is 0 Å².